The molecule has 1 aliphatic carbocycles. The summed E-state index contributed by atoms with van der Waals surface area (Å²) in [5.41, 5.74) is 1.36. The fourth-order valence-corrected chi connectivity index (χ4v) is 3.32. The smallest absolute Gasteiger partial charge is 0.251 e. The number of nitrogens with zero attached hydrogens (tertiary/aromatic N) is 1. The summed E-state index contributed by atoms with van der Waals surface area (Å²) < 4.78 is 0. The highest BCUT2D eigenvalue weighted by molar-refractivity contribution is 6.29. The number of hydrogen-bond donors (Lipinski definition) is 1. The van der Waals surface area contributed by atoms with Gasteiger partial charge in [-0.15, -0.1) is 0 Å². The lowest BCUT2D eigenvalue weighted by Gasteiger charge is -2.26. The van der Waals surface area contributed by atoms with Gasteiger partial charge in [0, 0.05) is 17.8 Å². The topological polar surface area (TPSA) is 42.0 Å². The molecule has 1 amide bonds. The number of halogens is 1. The maximum Gasteiger partial charge on any atom is 0.251 e. The minimum absolute atomic E-state index is 0.0544. The van der Waals surface area contributed by atoms with Crippen molar-refractivity contribution in [3.8, 4) is 0 Å². The van der Waals surface area contributed by atoms with Gasteiger partial charge in [0.15, 0.2) is 0 Å². The quantitative estimate of drug-likeness (QED) is 0.853. The lowest BCUT2D eigenvalue weighted by atomic mass is 9.81. The van der Waals surface area contributed by atoms with Crippen LogP contribution in [-0.2, 0) is 0 Å². The van der Waals surface area contributed by atoms with Crippen molar-refractivity contribution >= 4 is 17.5 Å². The number of nitrogens with one attached hydrogen (secondary N) is 1. The third-order valence-corrected chi connectivity index (χ3v) is 4.26. The summed E-state index contributed by atoms with van der Waals surface area (Å²) in [5, 5.41) is 3.36. The molecule has 1 heterocycles. The highest BCUT2D eigenvalue weighted by Gasteiger charge is 2.18. The van der Waals surface area contributed by atoms with E-state index in [1.807, 2.05) is 6.92 Å². The second-order valence-electron chi connectivity index (χ2n) is 6.00. The van der Waals surface area contributed by atoms with Gasteiger partial charge in [-0.05, 0) is 43.7 Å². The molecule has 0 spiro atoms. The third kappa shape index (κ3) is 4.48. The summed E-state index contributed by atoms with van der Waals surface area (Å²) in [5.74, 6) is 1.55. The fourth-order valence-electron chi connectivity index (χ4n) is 3.07. The molecule has 2 rings (SSSR count). The monoisotopic (exact) mass is 294 g/mol. The molecular weight excluding hydrogens is 272 g/mol. The maximum absolute atomic E-state index is 12.1. The van der Waals surface area contributed by atoms with Gasteiger partial charge in [0.25, 0.3) is 5.91 Å². The zero-order valence-corrected chi connectivity index (χ0v) is 13.0. The highest BCUT2D eigenvalue weighted by atomic mass is 35.5. The number of hydrogen-bond acceptors (Lipinski definition) is 2. The average Bonchev–Trinajstić information content (AvgIpc) is 2.37. The number of pyridine rings is 1. The Bertz CT molecular complexity index is 455. The number of carbonyl (C=O) groups excluding carboxylic acids is 1. The van der Waals surface area contributed by atoms with Gasteiger partial charge in [0.05, 0.1) is 0 Å². The van der Waals surface area contributed by atoms with Crippen LogP contribution in [0.25, 0.3) is 0 Å². The van der Waals surface area contributed by atoms with E-state index in [0.717, 1.165) is 30.5 Å². The molecule has 3 nitrogen and oxygen atoms in total. The van der Waals surface area contributed by atoms with Crippen molar-refractivity contribution in [1.29, 1.82) is 0 Å². The van der Waals surface area contributed by atoms with Crippen LogP contribution in [0.15, 0.2) is 12.1 Å². The molecule has 4 heteroatoms. The molecule has 0 aromatic carbocycles. The Kier molecular flexibility index (Phi) is 5.41. The number of carbonyl (C=O) groups is 1. The summed E-state index contributed by atoms with van der Waals surface area (Å²) in [6.45, 7) is 4.91. The van der Waals surface area contributed by atoms with Gasteiger partial charge in [-0.25, -0.2) is 4.98 Å². The van der Waals surface area contributed by atoms with Crippen LogP contribution in [0.4, 0.5) is 0 Å². The van der Waals surface area contributed by atoms with E-state index in [4.69, 9.17) is 11.6 Å². The van der Waals surface area contributed by atoms with Crippen molar-refractivity contribution in [3.05, 3.63) is 28.5 Å². The molecule has 1 aliphatic rings. The molecule has 1 aromatic rings. The minimum atomic E-state index is -0.0544. The predicted molar refractivity (Wildman–Crippen MR) is 82.1 cm³/mol. The van der Waals surface area contributed by atoms with Gasteiger partial charge in [-0.3, -0.25) is 4.79 Å². The van der Waals surface area contributed by atoms with Crippen molar-refractivity contribution < 1.29 is 4.79 Å². The molecule has 1 saturated carbocycles. The van der Waals surface area contributed by atoms with Crippen LogP contribution in [0.1, 0.15) is 55.1 Å². The molecule has 2 atom stereocenters. The lowest BCUT2D eigenvalue weighted by molar-refractivity contribution is 0.0949. The molecule has 1 aromatic heterocycles. The first-order valence-electron chi connectivity index (χ1n) is 7.47. The summed E-state index contributed by atoms with van der Waals surface area (Å²) in [6, 6.07) is 3.39. The largest absolute Gasteiger partial charge is 0.352 e. The summed E-state index contributed by atoms with van der Waals surface area (Å²) in [7, 11) is 0. The Labute approximate surface area is 126 Å². The van der Waals surface area contributed by atoms with Crippen molar-refractivity contribution in [1.82, 2.24) is 10.3 Å². The molecule has 110 valence electrons. The van der Waals surface area contributed by atoms with Crippen LogP contribution in [0.5, 0.6) is 0 Å². The first-order chi connectivity index (χ1) is 9.54. The number of aryl methyl sites for hydroxylation is 1. The van der Waals surface area contributed by atoms with E-state index in [-0.39, 0.29) is 5.91 Å². The van der Waals surface area contributed by atoms with Crippen LogP contribution < -0.4 is 5.32 Å². The van der Waals surface area contributed by atoms with Gasteiger partial charge in [-0.2, -0.15) is 0 Å². The van der Waals surface area contributed by atoms with Crippen LogP contribution in [0, 0.1) is 18.8 Å². The standard InChI is InChI=1S/C16H23ClN2O/c1-11-4-3-5-13(8-11)6-7-18-16(20)14-9-12(2)19-15(17)10-14/h9-11,13H,3-8H2,1-2H3,(H,18,20). The van der Waals surface area contributed by atoms with Crippen LogP contribution >= 0.6 is 11.6 Å². The summed E-state index contributed by atoms with van der Waals surface area (Å²) in [4.78, 5) is 16.1. The highest BCUT2D eigenvalue weighted by Crippen LogP contribution is 2.30. The van der Waals surface area contributed by atoms with E-state index >= 15 is 0 Å². The normalized spacial score (nSPS) is 22.6. The maximum atomic E-state index is 12.1. The molecule has 1 fully saturated rings. The van der Waals surface area contributed by atoms with Crippen molar-refractivity contribution in [2.24, 2.45) is 11.8 Å². The van der Waals surface area contributed by atoms with Crippen molar-refractivity contribution in [2.75, 3.05) is 6.54 Å². The Morgan fingerprint density at radius 2 is 2.25 bits per heavy atom. The molecular formula is C16H23ClN2O. The SMILES string of the molecule is Cc1cc(C(=O)NCCC2CCCC(C)C2)cc(Cl)n1. The molecule has 0 radical (unpaired) electrons. The second kappa shape index (κ2) is 7.07. The molecule has 0 bridgehead atoms. The number of aromatic nitrogens is 1. The van der Waals surface area contributed by atoms with Crippen molar-refractivity contribution in [2.45, 2.75) is 46.0 Å². The van der Waals surface area contributed by atoms with Crippen LogP contribution in [0.2, 0.25) is 5.15 Å². The van der Waals surface area contributed by atoms with Crippen molar-refractivity contribution in [3.63, 3.8) is 0 Å². The van der Waals surface area contributed by atoms with Gasteiger partial charge < -0.3 is 5.32 Å². The van der Waals surface area contributed by atoms with E-state index in [9.17, 15) is 4.79 Å². The Morgan fingerprint density at radius 1 is 1.45 bits per heavy atom. The first-order valence-corrected chi connectivity index (χ1v) is 7.85. The zero-order chi connectivity index (χ0) is 14.5. The van der Waals surface area contributed by atoms with Crippen LogP contribution in [0.3, 0.4) is 0 Å². The van der Waals surface area contributed by atoms with Gasteiger partial charge >= 0.3 is 0 Å². The van der Waals surface area contributed by atoms with Crippen LogP contribution in [-0.4, -0.2) is 17.4 Å². The number of rotatable bonds is 4. The van der Waals surface area contributed by atoms with E-state index in [2.05, 4.69) is 17.2 Å². The Morgan fingerprint density at radius 3 is 2.95 bits per heavy atom. The third-order valence-electron chi connectivity index (χ3n) is 4.07. The lowest BCUT2D eigenvalue weighted by Crippen LogP contribution is -2.27. The van der Waals surface area contributed by atoms with E-state index in [1.54, 1.807) is 12.1 Å². The molecule has 1 N–H and O–H groups in total. The second-order valence-corrected chi connectivity index (χ2v) is 6.39. The van der Waals surface area contributed by atoms with E-state index in [0.29, 0.717) is 10.7 Å². The molecule has 2 unspecified atom stereocenters. The molecule has 0 aliphatic heterocycles. The summed E-state index contributed by atoms with van der Waals surface area (Å²) in [6.07, 6.45) is 6.38. The van der Waals surface area contributed by atoms with Gasteiger partial charge in [-0.1, -0.05) is 37.8 Å². The fraction of sp³-hybridized carbons (Fsp3) is 0.625. The zero-order valence-electron chi connectivity index (χ0n) is 12.3. The molecule has 0 saturated heterocycles. The molecule has 20 heavy (non-hydrogen) atoms. The first kappa shape index (κ1) is 15.3. The van der Waals surface area contributed by atoms with Gasteiger partial charge in [0.1, 0.15) is 5.15 Å². The minimum Gasteiger partial charge on any atom is -0.352 e. The number of amides is 1. The summed E-state index contributed by atoms with van der Waals surface area (Å²) >= 11 is 5.87. The Balaban J connectivity index is 1.80. The van der Waals surface area contributed by atoms with E-state index < -0.39 is 0 Å². The van der Waals surface area contributed by atoms with E-state index in [1.165, 1.54) is 25.7 Å². The predicted octanol–water partition coefficient (Wildman–Crippen LogP) is 3.99. The Hall–Kier alpha value is -1.09. The average molecular weight is 295 g/mol. The van der Waals surface area contributed by atoms with Gasteiger partial charge in [0.2, 0.25) is 0 Å².